The minimum atomic E-state index is -1.41. The molecule has 386 valence electrons. The molecule has 6 rings (SSSR count). The van der Waals surface area contributed by atoms with E-state index in [9.17, 15) is 43.2 Å². The zero-order valence-electron chi connectivity index (χ0n) is 40.7. The number of primary amides is 1. The fraction of sp³-hybridized carbons (Fsp3) is 0.520. The number of rotatable bonds is 24. The number of carbonyl (C=O) groups is 9. The highest BCUT2D eigenvalue weighted by Crippen LogP contribution is 2.41. The fourth-order valence-corrected chi connectivity index (χ4v) is 8.83. The lowest BCUT2D eigenvalue weighted by atomic mass is 9.67. The van der Waals surface area contributed by atoms with E-state index in [1.165, 1.54) is 36.4 Å². The number of likely N-dealkylation sites (N-methyl/N-ethyl adjacent to an activating group) is 1. The van der Waals surface area contributed by atoms with Gasteiger partial charge in [0.1, 0.15) is 17.6 Å². The Morgan fingerprint density at radius 3 is 2.17 bits per heavy atom. The molecule has 4 aliphatic rings. The first kappa shape index (κ1) is 54.1. The smallest absolute Gasteiger partial charge is 0.430 e. The number of Topliss-reactive ketones (excluding diaryl/α,β-unsaturated/α-hetero) is 1. The van der Waals surface area contributed by atoms with Crippen molar-refractivity contribution in [2.24, 2.45) is 11.1 Å². The molecule has 8 amide bonds. The summed E-state index contributed by atoms with van der Waals surface area (Å²) in [7, 11) is 1.94. The minimum absolute atomic E-state index is 0.0513. The summed E-state index contributed by atoms with van der Waals surface area (Å²) in [6.07, 6.45) is 2.65. The van der Waals surface area contributed by atoms with Gasteiger partial charge in [-0.1, -0.05) is 30.7 Å². The molecule has 3 aliphatic heterocycles. The van der Waals surface area contributed by atoms with Crippen molar-refractivity contribution in [3.63, 3.8) is 0 Å². The number of unbranched alkanes of at least 4 members (excludes halogenated alkanes) is 2. The van der Waals surface area contributed by atoms with E-state index >= 15 is 0 Å². The second-order valence-electron chi connectivity index (χ2n) is 18.6. The summed E-state index contributed by atoms with van der Waals surface area (Å²) in [4.78, 5) is 122. The predicted molar refractivity (Wildman–Crippen MR) is 260 cm³/mol. The average Bonchev–Trinajstić information content (AvgIpc) is 3.96. The standard InChI is InChI=1S/C50H65N11O11/c1-32(34-11-9-33(29-51)10-12-34)55-31-40(62)39-28-37(30-56-39)71-49(70)72-43(45(66)60-26-24-59(2)25-27-60)35-13-15-36(16-14-35)57-44(65)38(8-6-22-54-48(52)69)58-47(68)50(19-7-20-50)46(67)53-21-4-3-5-23-61-41(63)17-18-42(61)64/h9-18,32,37-39,43,55-56H,3-8,19-28,30-31H2,1-2H3,(H,53,67)(H,57,65)(H,58,68)(H3,52,54,69)/t32-,37+,38-,39-,43?/m0/s1. The molecule has 0 bridgehead atoms. The zero-order chi connectivity index (χ0) is 51.8. The lowest BCUT2D eigenvalue weighted by Crippen LogP contribution is -2.58. The third-order valence-corrected chi connectivity index (χ3v) is 13.5. The number of piperazine rings is 1. The van der Waals surface area contributed by atoms with Crippen LogP contribution in [0.2, 0.25) is 0 Å². The summed E-state index contributed by atoms with van der Waals surface area (Å²) in [5, 5.41) is 26.2. The van der Waals surface area contributed by atoms with Crippen LogP contribution in [0.1, 0.15) is 93.5 Å². The number of imide groups is 1. The van der Waals surface area contributed by atoms with E-state index < -0.39 is 65.5 Å². The molecule has 72 heavy (non-hydrogen) atoms. The fourth-order valence-electron chi connectivity index (χ4n) is 8.83. The van der Waals surface area contributed by atoms with Gasteiger partial charge in [-0.2, -0.15) is 5.26 Å². The number of ether oxygens (including phenoxy) is 2. The lowest BCUT2D eigenvalue weighted by molar-refractivity contribution is -0.151. The first-order valence-electron chi connectivity index (χ1n) is 24.5. The highest BCUT2D eigenvalue weighted by atomic mass is 16.7. The van der Waals surface area contributed by atoms with E-state index in [1.54, 1.807) is 17.0 Å². The van der Waals surface area contributed by atoms with Crippen molar-refractivity contribution in [1.82, 2.24) is 41.3 Å². The number of nitrogens with zero attached hydrogens (tertiary/aromatic N) is 4. The molecule has 8 N–H and O–H groups in total. The molecule has 3 heterocycles. The van der Waals surface area contributed by atoms with E-state index in [0.717, 1.165) is 10.5 Å². The summed E-state index contributed by atoms with van der Waals surface area (Å²) in [6, 6.07) is 12.6. The van der Waals surface area contributed by atoms with E-state index in [1.807, 2.05) is 26.1 Å². The number of amides is 8. The number of benzene rings is 2. The number of nitriles is 1. The van der Waals surface area contributed by atoms with Crippen LogP contribution in [0.3, 0.4) is 0 Å². The van der Waals surface area contributed by atoms with Crippen LogP contribution in [0, 0.1) is 16.7 Å². The molecule has 3 fully saturated rings. The molecule has 1 aliphatic carbocycles. The highest BCUT2D eigenvalue weighted by molar-refractivity contribution is 6.13. The Morgan fingerprint density at radius 2 is 1.53 bits per heavy atom. The van der Waals surface area contributed by atoms with Crippen molar-refractivity contribution in [2.45, 2.75) is 95.0 Å². The van der Waals surface area contributed by atoms with E-state index in [2.05, 4.69) is 42.9 Å². The van der Waals surface area contributed by atoms with Crippen molar-refractivity contribution < 1.29 is 52.6 Å². The van der Waals surface area contributed by atoms with Crippen LogP contribution in [0.25, 0.3) is 0 Å². The molecular weight excluding hydrogens is 931 g/mol. The average molecular weight is 996 g/mol. The van der Waals surface area contributed by atoms with E-state index in [4.69, 9.17) is 20.5 Å². The maximum Gasteiger partial charge on any atom is 0.509 e. The lowest BCUT2D eigenvalue weighted by Gasteiger charge is -2.39. The molecule has 1 unspecified atom stereocenters. The summed E-state index contributed by atoms with van der Waals surface area (Å²) in [5.41, 5.74) is 5.87. The van der Waals surface area contributed by atoms with Gasteiger partial charge >= 0.3 is 12.2 Å². The number of hydrogen-bond donors (Lipinski definition) is 7. The Labute approximate surface area is 418 Å². The van der Waals surface area contributed by atoms with Gasteiger partial charge in [-0.25, -0.2) is 9.59 Å². The number of urea groups is 1. The Kier molecular flexibility index (Phi) is 19.4. The van der Waals surface area contributed by atoms with Gasteiger partial charge in [0.05, 0.1) is 24.2 Å². The second-order valence-corrected chi connectivity index (χ2v) is 18.6. The molecule has 0 aromatic heterocycles. The molecule has 2 aromatic rings. The van der Waals surface area contributed by atoms with Crippen LogP contribution in [0.4, 0.5) is 15.3 Å². The van der Waals surface area contributed by atoms with Crippen LogP contribution in [0.15, 0.2) is 60.7 Å². The zero-order valence-corrected chi connectivity index (χ0v) is 40.7. The van der Waals surface area contributed by atoms with Gasteiger partial charge < -0.3 is 56.9 Å². The number of carbonyl (C=O) groups excluding carboxylic acids is 9. The number of hydrogen-bond acceptors (Lipinski definition) is 15. The summed E-state index contributed by atoms with van der Waals surface area (Å²) < 4.78 is 11.4. The first-order valence-corrected chi connectivity index (χ1v) is 24.5. The molecule has 22 nitrogen and oxygen atoms in total. The van der Waals surface area contributed by atoms with Gasteiger partial charge in [0.15, 0.2) is 5.78 Å². The van der Waals surface area contributed by atoms with Crippen molar-refractivity contribution >= 4 is 59.1 Å². The quantitative estimate of drug-likeness (QED) is 0.0339. The maximum absolute atomic E-state index is 14.0. The summed E-state index contributed by atoms with van der Waals surface area (Å²) in [5.74, 6) is -3.00. The number of nitrogens with one attached hydrogen (secondary N) is 6. The van der Waals surface area contributed by atoms with Crippen LogP contribution < -0.4 is 37.6 Å². The Balaban J connectivity index is 1.04. The normalized spacial score (nSPS) is 19.5. The largest absolute Gasteiger partial charge is 0.509 e. The predicted octanol–water partition coefficient (Wildman–Crippen LogP) is 1.43. The van der Waals surface area contributed by atoms with Gasteiger partial charge in [0.25, 0.3) is 17.7 Å². The monoisotopic (exact) mass is 995 g/mol. The maximum atomic E-state index is 14.0. The SMILES string of the molecule is C[C@H](NCC(=O)[C@@H]1C[C@@H](OC(=O)OC(C(=O)N2CCN(C)CC2)c2ccc(NC(=O)[C@H](CCCNC(N)=O)NC(=O)C3(C(=O)NCCCCCN4C(=O)C=CC4=O)CCC3)cc2)CN1)c1ccc(C#N)cc1. The molecule has 2 saturated heterocycles. The van der Waals surface area contributed by atoms with Crippen molar-refractivity contribution in [3.8, 4) is 6.07 Å². The topological polar surface area (TPSA) is 304 Å². The third-order valence-electron chi connectivity index (χ3n) is 13.5. The van der Waals surface area contributed by atoms with Crippen LogP contribution in [0.5, 0.6) is 0 Å². The molecular formula is C50H65N11O11. The van der Waals surface area contributed by atoms with Crippen LogP contribution in [-0.2, 0) is 43.0 Å². The number of nitrogens with two attached hydrogens (primary N) is 1. The molecule has 2 aromatic carbocycles. The Bertz CT molecular complexity index is 2360. The molecule has 0 radical (unpaired) electrons. The first-order chi connectivity index (χ1) is 34.6. The molecule has 1 saturated carbocycles. The minimum Gasteiger partial charge on any atom is -0.430 e. The van der Waals surface area contributed by atoms with Gasteiger partial charge in [-0.05, 0) is 88.7 Å². The number of anilines is 1. The van der Waals surface area contributed by atoms with E-state index in [0.29, 0.717) is 63.0 Å². The van der Waals surface area contributed by atoms with Gasteiger partial charge in [0.2, 0.25) is 23.8 Å². The summed E-state index contributed by atoms with van der Waals surface area (Å²) in [6.45, 7) is 4.79. The highest BCUT2D eigenvalue weighted by Gasteiger charge is 2.51. The van der Waals surface area contributed by atoms with Gasteiger partial charge in [-0.3, -0.25) is 38.5 Å². The third kappa shape index (κ3) is 14.7. The number of ketones is 1. The Hall–Kier alpha value is -7.22. The molecule has 22 heteroatoms. The summed E-state index contributed by atoms with van der Waals surface area (Å²) >= 11 is 0. The van der Waals surface area contributed by atoms with Crippen LogP contribution in [-0.4, -0.2) is 152 Å². The van der Waals surface area contributed by atoms with Crippen molar-refractivity contribution in [1.29, 1.82) is 5.26 Å². The molecule has 5 atom stereocenters. The second kappa shape index (κ2) is 25.8. The van der Waals surface area contributed by atoms with Crippen LogP contribution >= 0.6 is 0 Å². The van der Waals surface area contributed by atoms with E-state index in [-0.39, 0.29) is 94.2 Å². The van der Waals surface area contributed by atoms with Crippen molar-refractivity contribution in [2.75, 3.05) is 71.3 Å². The van der Waals surface area contributed by atoms with Gasteiger partial charge in [0, 0.05) is 88.2 Å². The van der Waals surface area contributed by atoms with Gasteiger partial charge in [-0.15, -0.1) is 0 Å². The Morgan fingerprint density at radius 1 is 0.861 bits per heavy atom. The van der Waals surface area contributed by atoms with Crippen molar-refractivity contribution in [3.05, 3.63) is 77.4 Å². The molecule has 0 spiro atoms.